The second-order valence-electron chi connectivity index (χ2n) is 5.69. The van der Waals surface area contributed by atoms with Crippen LogP contribution in [0.1, 0.15) is 41.7 Å². The van der Waals surface area contributed by atoms with E-state index in [9.17, 15) is 9.90 Å². The van der Waals surface area contributed by atoms with Crippen molar-refractivity contribution < 1.29 is 9.90 Å². The number of aliphatic hydroxyl groups is 1. The molecule has 0 saturated carbocycles. The van der Waals surface area contributed by atoms with Gasteiger partial charge in [-0.05, 0) is 30.9 Å². The Balaban J connectivity index is 1.60. The first-order valence-electron chi connectivity index (χ1n) is 7.80. The van der Waals surface area contributed by atoms with Crippen molar-refractivity contribution in [2.45, 2.75) is 45.5 Å². The van der Waals surface area contributed by atoms with Gasteiger partial charge >= 0.3 is 6.03 Å². The Labute approximate surface area is 134 Å². The lowest BCUT2D eigenvalue weighted by atomic mass is 10.1. The van der Waals surface area contributed by atoms with Crippen LogP contribution in [0, 0.1) is 6.92 Å². The average molecular weight is 315 g/mol. The maximum Gasteiger partial charge on any atom is 0.315 e. The molecule has 0 spiro atoms. The zero-order valence-corrected chi connectivity index (χ0v) is 13.1. The van der Waals surface area contributed by atoms with Crippen LogP contribution in [0.2, 0.25) is 0 Å². The van der Waals surface area contributed by atoms with Crippen molar-refractivity contribution in [3.8, 4) is 0 Å². The standard InChI is InChI=1S/C16H21N5O2/c1-11-18-15-14(7-4-8-21(15)20-11)19-16(23)17-9-12-5-2-3-6-13(12)10-22/h2-3,5-6,14,22H,4,7-10H2,1H3,(H2,17,19,23). The molecule has 23 heavy (non-hydrogen) atoms. The number of hydrogen-bond donors (Lipinski definition) is 3. The highest BCUT2D eigenvalue weighted by Crippen LogP contribution is 2.22. The molecule has 0 fully saturated rings. The highest BCUT2D eigenvalue weighted by molar-refractivity contribution is 5.74. The van der Waals surface area contributed by atoms with Crippen LogP contribution in [0.5, 0.6) is 0 Å². The first-order valence-corrected chi connectivity index (χ1v) is 7.80. The number of urea groups is 1. The van der Waals surface area contributed by atoms with Crippen molar-refractivity contribution in [2.24, 2.45) is 0 Å². The molecule has 7 heteroatoms. The Morgan fingerprint density at radius 2 is 2.17 bits per heavy atom. The summed E-state index contributed by atoms with van der Waals surface area (Å²) in [7, 11) is 0. The van der Waals surface area contributed by atoms with Crippen LogP contribution in [-0.4, -0.2) is 25.9 Å². The zero-order valence-electron chi connectivity index (χ0n) is 13.1. The minimum Gasteiger partial charge on any atom is -0.392 e. The van der Waals surface area contributed by atoms with Gasteiger partial charge in [0.15, 0.2) is 0 Å². The van der Waals surface area contributed by atoms with E-state index in [0.717, 1.165) is 42.2 Å². The van der Waals surface area contributed by atoms with Crippen molar-refractivity contribution in [1.29, 1.82) is 0 Å². The molecule has 2 amide bonds. The lowest BCUT2D eigenvalue weighted by Gasteiger charge is -2.23. The van der Waals surface area contributed by atoms with Crippen molar-refractivity contribution in [3.05, 3.63) is 47.0 Å². The molecule has 0 aliphatic carbocycles. The van der Waals surface area contributed by atoms with Gasteiger partial charge in [-0.25, -0.2) is 14.5 Å². The van der Waals surface area contributed by atoms with E-state index in [1.807, 2.05) is 35.9 Å². The van der Waals surface area contributed by atoms with Gasteiger partial charge in [-0.2, -0.15) is 5.10 Å². The SMILES string of the molecule is Cc1nc2n(n1)CCCC2NC(=O)NCc1ccccc1CO. The van der Waals surface area contributed by atoms with E-state index in [1.165, 1.54) is 0 Å². The van der Waals surface area contributed by atoms with Crippen LogP contribution >= 0.6 is 0 Å². The van der Waals surface area contributed by atoms with Crippen molar-refractivity contribution in [2.75, 3.05) is 0 Å². The summed E-state index contributed by atoms with van der Waals surface area (Å²) >= 11 is 0. The molecule has 1 unspecified atom stereocenters. The molecule has 122 valence electrons. The van der Waals surface area contributed by atoms with Crippen molar-refractivity contribution >= 4 is 6.03 Å². The summed E-state index contributed by atoms with van der Waals surface area (Å²) in [5.74, 6) is 1.55. The molecule has 2 aromatic rings. The molecule has 0 saturated heterocycles. The number of aryl methyl sites for hydroxylation is 2. The summed E-state index contributed by atoms with van der Waals surface area (Å²) in [6, 6.07) is 7.15. The number of nitrogens with one attached hydrogen (secondary N) is 2. The van der Waals surface area contributed by atoms with Crippen molar-refractivity contribution in [1.82, 2.24) is 25.4 Å². The molecule has 1 aromatic heterocycles. The quantitative estimate of drug-likeness (QED) is 0.795. The van der Waals surface area contributed by atoms with Crippen LogP contribution in [0.4, 0.5) is 4.79 Å². The highest BCUT2D eigenvalue weighted by atomic mass is 16.3. The van der Waals surface area contributed by atoms with Gasteiger partial charge in [0, 0.05) is 13.1 Å². The fourth-order valence-electron chi connectivity index (χ4n) is 2.87. The van der Waals surface area contributed by atoms with E-state index in [4.69, 9.17) is 0 Å². The zero-order chi connectivity index (χ0) is 16.2. The van der Waals surface area contributed by atoms with Crippen LogP contribution in [0.15, 0.2) is 24.3 Å². The number of rotatable bonds is 4. The third-order valence-electron chi connectivity index (χ3n) is 4.01. The Morgan fingerprint density at radius 3 is 2.96 bits per heavy atom. The topological polar surface area (TPSA) is 92.1 Å². The van der Waals surface area contributed by atoms with Crippen molar-refractivity contribution in [3.63, 3.8) is 0 Å². The Morgan fingerprint density at radius 1 is 1.39 bits per heavy atom. The van der Waals surface area contributed by atoms with E-state index in [2.05, 4.69) is 20.7 Å². The summed E-state index contributed by atoms with van der Waals surface area (Å²) in [6.07, 6.45) is 1.83. The normalized spacial score (nSPS) is 16.7. The Bertz CT molecular complexity index is 698. The predicted molar refractivity (Wildman–Crippen MR) is 84.5 cm³/mol. The molecule has 1 aliphatic heterocycles. The first-order chi connectivity index (χ1) is 11.2. The minimum absolute atomic E-state index is 0.0372. The number of benzene rings is 1. The van der Waals surface area contributed by atoms with Crippen LogP contribution in [0.25, 0.3) is 0 Å². The van der Waals surface area contributed by atoms with Gasteiger partial charge in [0.05, 0.1) is 12.6 Å². The van der Waals surface area contributed by atoms with Gasteiger partial charge in [-0.15, -0.1) is 0 Å². The number of amides is 2. The molecule has 2 heterocycles. The number of aromatic nitrogens is 3. The molecule has 1 atom stereocenters. The lowest BCUT2D eigenvalue weighted by Crippen LogP contribution is -2.40. The summed E-state index contributed by atoms with van der Waals surface area (Å²) in [5.41, 5.74) is 1.73. The van der Waals surface area contributed by atoms with Gasteiger partial charge in [-0.3, -0.25) is 0 Å². The van der Waals surface area contributed by atoms with Gasteiger partial charge in [0.25, 0.3) is 0 Å². The number of aliphatic hydroxyl groups excluding tert-OH is 1. The first kappa shape index (κ1) is 15.5. The van der Waals surface area contributed by atoms with Crippen LogP contribution < -0.4 is 10.6 Å². The average Bonchev–Trinajstić information content (AvgIpc) is 2.94. The summed E-state index contributed by atoms with van der Waals surface area (Å²) in [6.45, 7) is 3.04. The Hall–Kier alpha value is -2.41. The van der Waals surface area contributed by atoms with E-state index >= 15 is 0 Å². The monoisotopic (exact) mass is 315 g/mol. The maximum absolute atomic E-state index is 12.2. The fourth-order valence-corrected chi connectivity index (χ4v) is 2.87. The molecular weight excluding hydrogens is 294 g/mol. The molecule has 1 aliphatic rings. The molecule has 0 bridgehead atoms. The Kier molecular flexibility index (Phi) is 4.57. The molecular formula is C16H21N5O2. The van der Waals surface area contributed by atoms with E-state index in [1.54, 1.807) is 0 Å². The minimum atomic E-state index is -0.239. The second kappa shape index (κ2) is 6.78. The lowest BCUT2D eigenvalue weighted by molar-refractivity contribution is 0.232. The van der Waals surface area contributed by atoms with Gasteiger partial charge in [-0.1, -0.05) is 24.3 Å². The van der Waals surface area contributed by atoms with Gasteiger partial charge < -0.3 is 15.7 Å². The third kappa shape index (κ3) is 3.50. The number of nitrogens with zero attached hydrogens (tertiary/aromatic N) is 3. The molecule has 0 radical (unpaired) electrons. The number of hydrogen-bond acceptors (Lipinski definition) is 4. The second-order valence-corrected chi connectivity index (χ2v) is 5.69. The third-order valence-corrected chi connectivity index (χ3v) is 4.01. The highest BCUT2D eigenvalue weighted by Gasteiger charge is 2.24. The largest absolute Gasteiger partial charge is 0.392 e. The number of fused-ring (bicyclic) bond motifs is 1. The maximum atomic E-state index is 12.2. The molecule has 7 nitrogen and oxygen atoms in total. The van der Waals surface area contributed by atoms with E-state index in [-0.39, 0.29) is 18.7 Å². The fraction of sp³-hybridized carbons (Fsp3) is 0.438. The number of carbonyl (C=O) groups is 1. The van der Waals surface area contributed by atoms with Gasteiger partial charge in [0.1, 0.15) is 11.6 Å². The summed E-state index contributed by atoms with van der Waals surface area (Å²) in [5, 5.41) is 19.4. The van der Waals surface area contributed by atoms with Crippen LogP contribution in [-0.2, 0) is 19.7 Å². The van der Waals surface area contributed by atoms with Crippen LogP contribution in [0.3, 0.4) is 0 Å². The molecule has 1 aromatic carbocycles. The smallest absolute Gasteiger partial charge is 0.315 e. The predicted octanol–water partition coefficient (Wildman–Crippen LogP) is 1.41. The van der Waals surface area contributed by atoms with Gasteiger partial charge in [0.2, 0.25) is 0 Å². The van der Waals surface area contributed by atoms with E-state index in [0.29, 0.717) is 6.54 Å². The molecule has 3 rings (SSSR count). The number of carbonyl (C=O) groups excluding carboxylic acids is 1. The summed E-state index contributed by atoms with van der Waals surface area (Å²) < 4.78 is 1.87. The van der Waals surface area contributed by atoms with E-state index < -0.39 is 0 Å². The summed E-state index contributed by atoms with van der Waals surface area (Å²) in [4.78, 5) is 16.6. The molecule has 3 N–H and O–H groups in total.